The summed E-state index contributed by atoms with van der Waals surface area (Å²) in [5, 5.41) is 2.70. The van der Waals surface area contributed by atoms with Crippen molar-refractivity contribution < 1.29 is 13.2 Å². The summed E-state index contributed by atoms with van der Waals surface area (Å²) in [7, 11) is -3.65. The zero-order valence-corrected chi connectivity index (χ0v) is 14.0. The first-order valence-corrected chi connectivity index (χ1v) is 8.62. The second-order valence-electron chi connectivity index (χ2n) is 5.45. The maximum atomic E-state index is 12.4. The van der Waals surface area contributed by atoms with Gasteiger partial charge in [-0.2, -0.15) is 0 Å². The summed E-state index contributed by atoms with van der Waals surface area (Å²) >= 11 is 0. The summed E-state index contributed by atoms with van der Waals surface area (Å²) in [6.45, 7) is 5.23. The lowest BCUT2D eigenvalue weighted by Gasteiger charge is -2.12. The molecule has 0 aliphatic rings. The molecule has 0 aliphatic heterocycles. The van der Waals surface area contributed by atoms with E-state index >= 15 is 0 Å². The van der Waals surface area contributed by atoms with Crippen LogP contribution in [0.3, 0.4) is 0 Å². The fraction of sp³-hybridized carbons (Fsp3) is 0.250. The van der Waals surface area contributed by atoms with Gasteiger partial charge in [0.15, 0.2) is 0 Å². The van der Waals surface area contributed by atoms with Crippen LogP contribution in [0.5, 0.6) is 0 Å². The molecule has 2 aromatic rings. The maximum Gasteiger partial charge on any atom is 0.256 e. The van der Waals surface area contributed by atoms with Gasteiger partial charge in [-0.3, -0.25) is 9.78 Å². The highest BCUT2D eigenvalue weighted by atomic mass is 32.2. The third-order valence-electron chi connectivity index (χ3n) is 3.07. The number of carbonyl (C=O) groups is 1. The Hall–Kier alpha value is -2.25. The Bertz CT molecular complexity index is 803. The third kappa shape index (κ3) is 4.37. The number of rotatable bonds is 5. The smallest absolute Gasteiger partial charge is 0.256 e. The van der Waals surface area contributed by atoms with Gasteiger partial charge in [0, 0.05) is 17.8 Å². The molecule has 1 amide bonds. The van der Waals surface area contributed by atoms with Crippen molar-refractivity contribution in [2.24, 2.45) is 0 Å². The van der Waals surface area contributed by atoms with Crippen LogP contribution in [-0.4, -0.2) is 25.4 Å². The van der Waals surface area contributed by atoms with E-state index in [0.717, 1.165) is 0 Å². The van der Waals surface area contributed by atoms with Crippen LogP contribution in [0.2, 0.25) is 0 Å². The van der Waals surface area contributed by atoms with Crippen molar-refractivity contribution in [3.05, 3.63) is 53.9 Å². The molecule has 6 nitrogen and oxygen atoms in total. The molecule has 0 saturated carbocycles. The number of anilines is 1. The number of pyridine rings is 1. The van der Waals surface area contributed by atoms with Crippen molar-refractivity contribution in [2.75, 3.05) is 5.32 Å². The predicted molar refractivity (Wildman–Crippen MR) is 88.8 cm³/mol. The molecule has 7 heteroatoms. The van der Waals surface area contributed by atoms with Crippen molar-refractivity contribution in [1.29, 1.82) is 0 Å². The molecule has 0 spiro atoms. The van der Waals surface area contributed by atoms with E-state index in [4.69, 9.17) is 0 Å². The second-order valence-corrected chi connectivity index (χ2v) is 7.16. The molecule has 2 rings (SSSR count). The Morgan fingerprint density at radius 2 is 1.96 bits per heavy atom. The zero-order chi connectivity index (χ0) is 17.0. The average Bonchev–Trinajstić information content (AvgIpc) is 2.47. The van der Waals surface area contributed by atoms with Gasteiger partial charge in [-0.1, -0.05) is 6.07 Å². The van der Waals surface area contributed by atoms with Crippen LogP contribution in [0.4, 0.5) is 5.69 Å². The number of nitrogens with one attached hydrogen (secondary N) is 2. The standard InChI is InChI=1S/C16H19N3O3S/c1-11(2)19-23(21,22)14-7-6-12(3)15(9-14)16(20)18-13-5-4-8-17-10-13/h4-11,19H,1-3H3,(H,18,20). The van der Waals surface area contributed by atoms with Gasteiger partial charge in [0.05, 0.1) is 16.8 Å². The Kier molecular flexibility index (Phi) is 5.12. The molecule has 0 atom stereocenters. The maximum absolute atomic E-state index is 12.4. The molecule has 23 heavy (non-hydrogen) atoms. The van der Waals surface area contributed by atoms with Gasteiger partial charge in [-0.05, 0) is 50.6 Å². The number of sulfonamides is 1. The molecule has 122 valence electrons. The van der Waals surface area contributed by atoms with Gasteiger partial charge in [-0.25, -0.2) is 13.1 Å². The quantitative estimate of drug-likeness (QED) is 0.879. The normalized spacial score (nSPS) is 11.5. The molecule has 0 saturated heterocycles. The van der Waals surface area contributed by atoms with Crippen molar-refractivity contribution in [3.63, 3.8) is 0 Å². The monoisotopic (exact) mass is 333 g/mol. The molecule has 0 radical (unpaired) electrons. The van der Waals surface area contributed by atoms with Crippen LogP contribution >= 0.6 is 0 Å². The van der Waals surface area contributed by atoms with E-state index in [0.29, 0.717) is 16.8 Å². The van der Waals surface area contributed by atoms with Crippen LogP contribution in [-0.2, 0) is 10.0 Å². The van der Waals surface area contributed by atoms with E-state index in [1.54, 1.807) is 45.2 Å². The first kappa shape index (κ1) is 17.1. The Balaban J connectivity index is 2.32. The van der Waals surface area contributed by atoms with E-state index in [-0.39, 0.29) is 16.8 Å². The fourth-order valence-corrected chi connectivity index (χ4v) is 3.30. The molecular formula is C16H19N3O3S. The molecular weight excluding hydrogens is 314 g/mol. The largest absolute Gasteiger partial charge is 0.321 e. The van der Waals surface area contributed by atoms with E-state index in [9.17, 15) is 13.2 Å². The van der Waals surface area contributed by atoms with Crippen molar-refractivity contribution in [1.82, 2.24) is 9.71 Å². The van der Waals surface area contributed by atoms with Gasteiger partial charge in [0.25, 0.3) is 5.91 Å². The van der Waals surface area contributed by atoms with Gasteiger partial charge in [0.1, 0.15) is 0 Å². The Morgan fingerprint density at radius 3 is 2.57 bits per heavy atom. The van der Waals surface area contributed by atoms with Crippen molar-refractivity contribution >= 4 is 21.6 Å². The minimum atomic E-state index is -3.65. The molecule has 0 bridgehead atoms. The summed E-state index contributed by atoms with van der Waals surface area (Å²) in [5.74, 6) is -0.378. The highest BCUT2D eigenvalue weighted by Gasteiger charge is 2.19. The highest BCUT2D eigenvalue weighted by molar-refractivity contribution is 7.89. The Labute approximate surface area is 136 Å². The predicted octanol–water partition coefficient (Wildman–Crippen LogP) is 2.33. The molecule has 0 aliphatic carbocycles. The molecule has 1 aromatic heterocycles. The summed E-state index contributed by atoms with van der Waals surface area (Å²) in [6, 6.07) is 7.67. The van der Waals surface area contributed by atoms with E-state index < -0.39 is 10.0 Å². The first-order valence-electron chi connectivity index (χ1n) is 7.14. The summed E-state index contributed by atoms with van der Waals surface area (Å²) in [4.78, 5) is 16.4. The van der Waals surface area contributed by atoms with Crippen molar-refractivity contribution in [2.45, 2.75) is 31.7 Å². The second kappa shape index (κ2) is 6.89. The number of benzene rings is 1. The third-order valence-corrected chi connectivity index (χ3v) is 4.73. The number of hydrogen-bond donors (Lipinski definition) is 2. The van der Waals surface area contributed by atoms with E-state index in [2.05, 4.69) is 15.0 Å². The topological polar surface area (TPSA) is 88.2 Å². The van der Waals surface area contributed by atoms with Crippen LogP contribution in [0.25, 0.3) is 0 Å². The zero-order valence-electron chi connectivity index (χ0n) is 13.2. The highest BCUT2D eigenvalue weighted by Crippen LogP contribution is 2.17. The lowest BCUT2D eigenvalue weighted by molar-refractivity contribution is 0.102. The molecule has 1 aromatic carbocycles. The molecule has 1 heterocycles. The lowest BCUT2D eigenvalue weighted by Crippen LogP contribution is -2.30. The number of carbonyl (C=O) groups excluding carboxylic acids is 1. The lowest BCUT2D eigenvalue weighted by atomic mass is 10.1. The minimum absolute atomic E-state index is 0.0631. The number of nitrogens with zero attached hydrogens (tertiary/aromatic N) is 1. The van der Waals surface area contributed by atoms with Gasteiger partial charge >= 0.3 is 0 Å². The SMILES string of the molecule is Cc1ccc(S(=O)(=O)NC(C)C)cc1C(=O)Nc1cccnc1. The number of aryl methyl sites for hydroxylation is 1. The summed E-state index contributed by atoms with van der Waals surface area (Å²) < 4.78 is 27.0. The molecule has 2 N–H and O–H groups in total. The van der Waals surface area contributed by atoms with E-state index in [1.807, 2.05) is 0 Å². The number of aromatic nitrogens is 1. The number of hydrogen-bond acceptors (Lipinski definition) is 4. The van der Waals surface area contributed by atoms with Crippen molar-refractivity contribution in [3.8, 4) is 0 Å². The Morgan fingerprint density at radius 1 is 1.22 bits per heavy atom. The molecule has 0 unspecified atom stereocenters. The summed E-state index contributed by atoms with van der Waals surface area (Å²) in [6.07, 6.45) is 3.12. The number of amides is 1. The molecule has 0 fully saturated rings. The van der Waals surface area contributed by atoms with Crippen LogP contribution < -0.4 is 10.0 Å². The van der Waals surface area contributed by atoms with Gasteiger partial charge < -0.3 is 5.32 Å². The van der Waals surface area contributed by atoms with Crippen LogP contribution in [0.15, 0.2) is 47.6 Å². The first-order chi connectivity index (χ1) is 10.8. The van der Waals surface area contributed by atoms with Gasteiger partial charge in [-0.15, -0.1) is 0 Å². The fourth-order valence-electron chi connectivity index (χ4n) is 2.03. The average molecular weight is 333 g/mol. The van der Waals surface area contributed by atoms with Gasteiger partial charge in [0.2, 0.25) is 10.0 Å². The van der Waals surface area contributed by atoms with E-state index in [1.165, 1.54) is 18.3 Å². The minimum Gasteiger partial charge on any atom is -0.321 e. The van der Waals surface area contributed by atoms with Crippen LogP contribution in [0.1, 0.15) is 29.8 Å². The summed E-state index contributed by atoms with van der Waals surface area (Å²) in [5.41, 5.74) is 1.54. The van der Waals surface area contributed by atoms with Crippen LogP contribution in [0, 0.1) is 6.92 Å².